The summed E-state index contributed by atoms with van der Waals surface area (Å²) in [6, 6.07) is 9.30. The molecule has 0 bridgehead atoms. The third kappa shape index (κ3) is 4.75. The van der Waals surface area contributed by atoms with Crippen LogP contribution in [0.4, 0.5) is 29.6 Å². The van der Waals surface area contributed by atoms with Crippen molar-refractivity contribution in [2.75, 3.05) is 10.6 Å². The SMILES string of the molecule is NC(=O)N(Cc1cccc(-c2cnc(N)nc2)c1)c1ccc(Cl)c(C(F)(F)F)c1. The number of urea groups is 1. The number of nitrogens with two attached hydrogens (primary N) is 2. The number of carbonyl (C=O) groups is 1. The number of halogens is 4. The fourth-order valence-corrected chi connectivity index (χ4v) is 2.94. The van der Waals surface area contributed by atoms with E-state index in [2.05, 4.69) is 9.97 Å². The topological polar surface area (TPSA) is 98.1 Å². The fourth-order valence-electron chi connectivity index (χ4n) is 2.71. The Morgan fingerprint density at radius 1 is 1.07 bits per heavy atom. The molecule has 0 aliphatic heterocycles. The van der Waals surface area contributed by atoms with E-state index in [1.165, 1.54) is 6.07 Å². The first-order valence-electron chi connectivity index (χ1n) is 8.25. The van der Waals surface area contributed by atoms with Crippen molar-refractivity contribution in [3.63, 3.8) is 0 Å². The van der Waals surface area contributed by atoms with E-state index >= 15 is 0 Å². The minimum absolute atomic E-state index is 0.0181. The summed E-state index contributed by atoms with van der Waals surface area (Å²) in [6.45, 7) is -0.0437. The molecule has 6 nitrogen and oxygen atoms in total. The highest BCUT2D eigenvalue weighted by Gasteiger charge is 2.34. The third-order valence-corrected chi connectivity index (χ3v) is 4.44. The first-order valence-corrected chi connectivity index (χ1v) is 8.63. The number of primary amides is 1. The maximum absolute atomic E-state index is 13.1. The van der Waals surface area contributed by atoms with E-state index in [1.807, 2.05) is 0 Å². The Morgan fingerprint density at radius 2 is 1.76 bits per heavy atom. The first-order chi connectivity index (χ1) is 13.6. The Bertz CT molecular complexity index is 1040. The van der Waals surface area contributed by atoms with Crippen molar-refractivity contribution in [1.29, 1.82) is 0 Å². The number of anilines is 2. The average molecular weight is 422 g/mol. The number of benzene rings is 2. The van der Waals surface area contributed by atoms with E-state index in [4.69, 9.17) is 23.1 Å². The van der Waals surface area contributed by atoms with E-state index < -0.39 is 22.8 Å². The van der Waals surface area contributed by atoms with Gasteiger partial charge in [-0.15, -0.1) is 0 Å². The van der Waals surface area contributed by atoms with Gasteiger partial charge in [0.2, 0.25) is 5.95 Å². The number of rotatable bonds is 4. The van der Waals surface area contributed by atoms with Crippen LogP contribution in [-0.2, 0) is 12.7 Å². The Hall–Kier alpha value is -3.33. The molecule has 2 amide bonds. The van der Waals surface area contributed by atoms with Crippen LogP contribution in [0, 0.1) is 0 Å². The number of carbonyl (C=O) groups excluding carboxylic acids is 1. The van der Waals surface area contributed by atoms with Gasteiger partial charge in [-0.3, -0.25) is 4.90 Å². The molecule has 0 saturated carbocycles. The van der Waals surface area contributed by atoms with Crippen LogP contribution in [0.3, 0.4) is 0 Å². The lowest BCUT2D eigenvalue weighted by Gasteiger charge is -2.22. The van der Waals surface area contributed by atoms with E-state index in [-0.39, 0.29) is 18.2 Å². The molecule has 0 aliphatic rings. The van der Waals surface area contributed by atoms with Crippen molar-refractivity contribution in [2.24, 2.45) is 5.73 Å². The number of aromatic nitrogens is 2. The molecule has 1 heterocycles. The van der Waals surface area contributed by atoms with Gasteiger partial charge in [0.15, 0.2) is 0 Å². The second-order valence-electron chi connectivity index (χ2n) is 6.12. The van der Waals surface area contributed by atoms with Crippen LogP contribution >= 0.6 is 11.6 Å². The van der Waals surface area contributed by atoms with Crippen LogP contribution in [0.25, 0.3) is 11.1 Å². The van der Waals surface area contributed by atoms with Gasteiger partial charge in [0.25, 0.3) is 0 Å². The molecule has 3 rings (SSSR count). The zero-order valence-corrected chi connectivity index (χ0v) is 15.6. The summed E-state index contributed by atoms with van der Waals surface area (Å²) in [5, 5.41) is -0.462. The third-order valence-electron chi connectivity index (χ3n) is 4.11. The summed E-state index contributed by atoms with van der Waals surface area (Å²) >= 11 is 5.65. The van der Waals surface area contributed by atoms with E-state index in [1.54, 1.807) is 36.7 Å². The molecule has 3 aromatic rings. The van der Waals surface area contributed by atoms with Gasteiger partial charge < -0.3 is 11.5 Å². The van der Waals surface area contributed by atoms with E-state index in [0.717, 1.165) is 22.6 Å². The van der Waals surface area contributed by atoms with Crippen molar-refractivity contribution in [1.82, 2.24) is 9.97 Å². The molecule has 29 heavy (non-hydrogen) atoms. The van der Waals surface area contributed by atoms with Gasteiger partial charge in [0, 0.05) is 23.6 Å². The molecule has 2 aromatic carbocycles. The molecule has 0 saturated heterocycles. The van der Waals surface area contributed by atoms with Gasteiger partial charge in [-0.25, -0.2) is 14.8 Å². The van der Waals surface area contributed by atoms with Gasteiger partial charge in [0.05, 0.1) is 17.1 Å². The monoisotopic (exact) mass is 421 g/mol. The van der Waals surface area contributed by atoms with Crippen molar-refractivity contribution in [3.05, 3.63) is 71.0 Å². The summed E-state index contributed by atoms with van der Waals surface area (Å²) in [4.78, 5) is 20.8. The number of alkyl halides is 3. The first kappa shape index (κ1) is 20.4. The molecule has 0 atom stereocenters. The second-order valence-corrected chi connectivity index (χ2v) is 6.52. The molecule has 4 N–H and O–H groups in total. The molecule has 0 fully saturated rings. The lowest BCUT2D eigenvalue weighted by atomic mass is 10.1. The van der Waals surface area contributed by atoms with Gasteiger partial charge in [-0.05, 0) is 35.4 Å². The minimum atomic E-state index is -4.66. The van der Waals surface area contributed by atoms with E-state index in [9.17, 15) is 18.0 Å². The second kappa shape index (κ2) is 7.96. The summed E-state index contributed by atoms with van der Waals surface area (Å²) in [5.74, 6) is 0.132. The molecule has 0 unspecified atom stereocenters. The lowest BCUT2D eigenvalue weighted by molar-refractivity contribution is -0.137. The van der Waals surface area contributed by atoms with Crippen LogP contribution in [0.2, 0.25) is 5.02 Å². The van der Waals surface area contributed by atoms with Gasteiger partial charge in [-0.1, -0.05) is 29.8 Å². The summed E-state index contributed by atoms with van der Waals surface area (Å²) in [5.41, 5.74) is 11.9. The largest absolute Gasteiger partial charge is 0.417 e. The zero-order chi connectivity index (χ0) is 21.2. The Balaban J connectivity index is 1.94. The molecule has 10 heteroatoms. The van der Waals surface area contributed by atoms with Crippen LogP contribution in [0.1, 0.15) is 11.1 Å². The molecule has 0 aliphatic carbocycles. The zero-order valence-electron chi connectivity index (χ0n) is 14.8. The number of hydrogen-bond acceptors (Lipinski definition) is 4. The molecular weight excluding hydrogens is 407 g/mol. The van der Waals surface area contributed by atoms with Crippen LogP contribution in [0.15, 0.2) is 54.9 Å². The number of nitrogens with zero attached hydrogens (tertiary/aromatic N) is 3. The molecule has 150 valence electrons. The number of nitrogen functional groups attached to an aromatic ring is 1. The Morgan fingerprint density at radius 3 is 2.38 bits per heavy atom. The average Bonchev–Trinajstić information content (AvgIpc) is 2.66. The maximum atomic E-state index is 13.1. The quantitative estimate of drug-likeness (QED) is 0.648. The van der Waals surface area contributed by atoms with Crippen molar-refractivity contribution in [3.8, 4) is 11.1 Å². The number of amides is 2. The predicted octanol–water partition coefficient (Wildman–Crippen LogP) is 4.48. The Labute approximate surface area is 168 Å². The predicted molar refractivity (Wildman–Crippen MR) is 104 cm³/mol. The highest BCUT2D eigenvalue weighted by atomic mass is 35.5. The molecule has 0 radical (unpaired) electrons. The van der Waals surface area contributed by atoms with E-state index in [0.29, 0.717) is 11.1 Å². The highest BCUT2D eigenvalue weighted by molar-refractivity contribution is 6.31. The standard InChI is InChI=1S/C19H15ClF3N5O/c20-16-5-4-14(7-15(16)19(21,22)23)28(18(25)29)10-11-2-1-3-12(6-11)13-8-26-17(24)27-9-13/h1-9H,10H2,(H2,25,29)(H2,24,26,27). The van der Waals surface area contributed by atoms with Gasteiger partial charge in [-0.2, -0.15) is 13.2 Å². The van der Waals surface area contributed by atoms with Crippen LogP contribution in [0.5, 0.6) is 0 Å². The molecule has 1 aromatic heterocycles. The summed E-state index contributed by atoms with van der Waals surface area (Å²) in [6.07, 6.45) is -1.57. The molecular formula is C19H15ClF3N5O. The van der Waals surface area contributed by atoms with Gasteiger partial charge in [0.1, 0.15) is 0 Å². The van der Waals surface area contributed by atoms with Crippen molar-refractivity contribution < 1.29 is 18.0 Å². The number of hydrogen-bond donors (Lipinski definition) is 2. The van der Waals surface area contributed by atoms with Crippen LogP contribution in [-0.4, -0.2) is 16.0 Å². The molecule has 0 spiro atoms. The van der Waals surface area contributed by atoms with Crippen LogP contribution < -0.4 is 16.4 Å². The van der Waals surface area contributed by atoms with Gasteiger partial charge >= 0.3 is 12.2 Å². The van der Waals surface area contributed by atoms with Crippen molar-refractivity contribution >= 4 is 29.3 Å². The smallest absolute Gasteiger partial charge is 0.368 e. The summed E-state index contributed by atoms with van der Waals surface area (Å²) < 4.78 is 39.4. The normalized spacial score (nSPS) is 11.3. The summed E-state index contributed by atoms with van der Waals surface area (Å²) in [7, 11) is 0. The minimum Gasteiger partial charge on any atom is -0.368 e. The fraction of sp³-hybridized carbons (Fsp3) is 0.105. The highest BCUT2D eigenvalue weighted by Crippen LogP contribution is 2.37. The Kier molecular flexibility index (Phi) is 5.60. The van der Waals surface area contributed by atoms with Crippen molar-refractivity contribution in [2.45, 2.75) is 12.7 Å². The lowest BCUT2D eigenvalue weighted by Crippen LogP contribution is -2.35. The maximum Gasteiger partial charge on any atom is 0.417 e.